The van der Waals surface area contributed by atoms with Crippen molar-refractivity contribution in [2.45, 2.75) is 26.3 Å². The van der Waals surface area contributed by atoms with Gasteiger partial charge in [0.1, 0.15) is 11.6 Å². The molecule has 0 amide bonds. The molecule has 2 heterocycles. The highest BCUT2D eigenvalue weighted by molar-refractivity contribution is 5.77. The zero-order valence-electron chi connectivity index (χ0n) is 17.5. The van der Waals surface area contributed by atoms with E-state index in [4.69, 9.17) is 5.11 Å². The number of rotatable bonds is 7. The standard InChI is InChI=1S/C23H29N5O2/c1-16-13-22(21(14-23(16)30)25-9-12-29)26-18-3-5-19(6-4-18)27-10-7-20(15-27)28-11-8-24-17(28)2/h3-6,8,11,13-14,20,25-26,29-30H,7,9-10,12,15H2,1-2H3/t20-/m0/s1. The number of phenols is 1. The summed E-state index contributed by atoms with van der Waals surface area (Å²) >= 11 is 0. The third-order valence-corrected chi connectivity index (χ3v) is 5.69. The number of benzene rings is 2. The fourth-order valence-electron chi connectivity index (χ4n) is 4.02. The van der Waals surface area contributed by atoms with Gasteiger partial charge in [-0.3, -0.25) is 0 Å². The quantitative estimate of drug-likeness (QED) is 0.446. The summed E-state index contributed by atoms with van der Waals surface area (Å²) in [4.78, 5) is 6.76. The van der Waals surface area contributed by atoms with E-state index in [1.165, 1.54) is 5.69 Å². The summed E-state index contributed by atoms with van der Waals surface area (Å²) in [5.74, 6) is 1.30. The summed E-state index contributed by atoms with van der Waals surface area (Å²) in [5.41, 5.74) is 4.60. The van der Waals surface area contributed by atoms with Crippen molar-refractivity contribution in [3.8, 4) is 5.75 Å². The average molecular weight is 408 g/mol. The summed E-state index contributed by atoms with van der Waals surface area (Å²) in [6.45, 7) is 6.38. The number of hydrogen-bond donors (Lipinski definition) is 4. The van der Waals surface area contributed by atoms with Crippen LogP contribution >= 0.6 is 0 Å². The number of aromatic nitrogens is 2. The Hall–Kier alpha value is -3.19. The van der Waals surface area contributed by atoms with Crippen LogP contribution in [0.3, 0.4) is 0 Å². The lowest BCUT2D eigenvalue weighted by Gasteiger charge is -2.20. The van der Waals surface area contributed by atoms with Gasteiger partial charge in [-0.15, -0.1) is 0 Å². The maximum absolute atomic E-state index is 10.0. The van der Waals surface area contributed by atoms with Gasteiger partial charge in [0, 0.05) is 49.5 Å². The summed E-state index contributed by atoms with van der Waals surface area (Å²) in [7, 11) is 0. The summed E-state index contributed by atoms with van der Waals surface area (Å²) < 4.78 is 2.27. The molecular weight excluding hydrogens is 378 g/mol. The molecule has 0 aliphatic carbocycles. The lowest BCUT2D eigenvalue weighted by molar-refractivity contribution is 0.311. The minimum atomic E-state index is 0.0260. The first-order valence-corrected chi connectivity index (χ1v) is 10.3. The first kappa shape index (κ1) is 20.1. The summed E-state index contributed by atoms with van der Waals surface area (Å²) in [6, 6.07) is 12.5. The highest BCUT2D eigenvalue weighted by Gasteiger charge is 2.24. The van der Waals surface area contributed by atoms with E-state index in [0.29, 0.717) is 12.6 Å². The number of aromatic hydroxyl groups is 1. The molecule has 4 rings (SSSR count). The fraction of sp³-hybridized carbons (Fsp3) is 0.348. The first-order chi connectivity index (χ1) is 14.5. The van der Waals surface area contributed by atoms with Gasteiger partial charge in [0.05, 0.1) is 24.0 Å². The van der Waals surface area contributed by atoms with E-state index in [1.54, 1.807) is 6.07 Å². The Morgan fingerprint density at radius 2 is 1.93 bits per heavy atom. The molecule has 30 heavy (non-hydrogen) atoms. The molecule has 3 aromatic rings. The van der Waals surface area contributed by atoms with Gasteiger partial charge in [-0.1, -0.05) is 0 Å². The predicted octanol–water partition coefficient (Wildman–Crippen LogP) is 3.80. The van der Waals surface area contributed by atoms with Crippen molar-refractivity contribution < 1.29 is 10.2 Å². The van der Waals surface area contributed by atoms with E-state index >= 15 is 0 Å². The van der Waals surface area contributed by atoms with Gasteiger partial charge in [0.15, 0.2) is 0 Å². The van der Waals surface area contributed by atoms with Crippen LogP contribution in [0.4, 0.5) is 22.7 Å². The van der Waals surface area contributed by atoms with Crippen LogP contribution in [0.2, 0.25) is 0 Å². The van der Waals surface area contributed by atoms with Crippen LogP contribution in [0.15, 0.2) is 48.8 Å². The molecule has 1 atom stereocenters. The van der Waals surface area contributed by atoms with Gasteiger partial charge in [0.2, 0.25) is 0 Å². The SMILES string of the molecule is Cc1cc(Nc2ccc(N3CC[C@H](n4ccnc4C)C3)cc2)c(NCCO)cc1O. The van der Waals surface area contributed by atoms with Crippen LogP contribution in [0.5, 0.6) is 5.75 Å². The zero-order valence-corrected chi connectivity index (χ0v) is 17.5. The molecule has 0 spiro atoms. The van der Waals surface area contributed by atoms with Crippen LogP contribution in [-0.4, -0.2) is 46.0 Å². The summed E-state index contributed by atoms with van der Waals surface area (Å²) in [5, 5.41) is 25.7. The molecule has 1 aliphatic rings. The van der Waals surface area contributed by atoms with Crippen molar-refractivity contribution in [1.29, 1.82) is 0 Å². The van der Waals surface area contributed by atoms with E-state index in [0.717, 1.165) is 48.0 Å². The number of aliphatic hydroxyl groups is 1. The second-order valence-corrected chi connectivity index (χ2v) is 7.78. The highest BCUT2D eigenvalue weighted by atomic mass is 16.3. The number of imidazole rings is 1. The van der Waals surface area contributed by atoms with Crippen LogP contribution in [0.25, 0.3) is 0 Å². The Morgan fingerprint density at radius 3 is 2.63 bits per heavy atom. The molecule has 1 saturated heterocycles. The van der Waals surface area contributed by atoms with Crippen molar-refractivity contribution in [3.63, 3.8) is 0 Å². The van der Waals surface area contributed by atoms with Crippen molar-refractivity contribution in [2.75, 3.05) is 41.8 Å². The normalized spacial score (nSPS) is 16.1. The van der Waals surface area contributed by atoms with Crippen molar-refractivity contribution >= 4 is 22.7 Å². The topological polar surface area (TPSA) is 85.6 Å². The summed E-state index contributed by atoms with van der Waals surface area (Å²) in [6.07, 6.45) is 5.05. The van der Waals surface area contributed by atoms with Crippen molar-refractivity contribution in [3.05, 3.63) is 60.2 Å². The Balaban J connectivity index is 1.46. The average Bonchev–Trinajstić information content (AvgIpc) is 3.39. The minimum absolute atomic E-state index is 0.0260. The minimum Gasteiger partial charge on any atom is -0.508 e. The maximum Gasteiger partial charge on any atom is 0.120 e. The fourth-order valence-corrected chi connectivity index (χ4v) is 4.02. The molecule has 1 aromatic heterocycles. The monoisotopic (exact) mass is 407 g/mol. The van der Waals surface area contributed by atoms with Crippen LogP contribution < -0.4 is 15.5 Å². The largest absolute Gasteiger partial charge is 0.508 e. The van der Waals surface area contributed by atoms with E-state index < -0.39 is 0 Å². The third-order valence-electron chi connectivity index (χ3n) is 5.69. The van der Waals surface area contributed by atoms with Crippen LogP contribution in [-0.2, 0) is 0 Å². The number of nitrogens with zero attached hydrogens (tertiary/aromatic N) is 3. The molecule has 1 aliphatic heterocycles. The second kappa shape index (κ2) is 8.67. The van der Waals surface area contributed by atoms with Crippen molar-refractivity contribution in [1.82, 2.24) is 9.55 Å². The van der Waals surface area contributed by atoms with Crippen LogP contribution in [0, 0.1) is 13.8 Å². The molecule has 0 saturated carbocycles. The molecular formula is C23H29N5O2. The predicted molar refractivity (Wildman–Crippen MR) is 121 cm³/mol. The molecule has 4 N–H and O–H groups in total. The number of nitrogens with one attached hydrogen (secondary N) is 2. The lowest BCUT2D eigenvalue weighted by atomic mass is 10.1. The molecule has 0 radical (unpaired) electrons. The van der Waals surface area contributed by atoms with E-state index in [1.807, 2.05) is 19.2 Å². The molecule has 158 valence electrons. The molecule has 0 bridgehead atoms. The number of aryl methyl sites for hydroxylation is 2. The van der Waals surface area contributed by atoms with Gasteiger partial charge < -0.3 is 30.3 Å². The van der Waals surface area contributed by atoms with E-state index in [2.05, 4.69) is 62.5 Å². The number of hydrogen-bond acceptors (Lipinski definition) is 6. The first-order valence-electron chi connectivity index (χ1n) is 10.3. The number of phenolic OH excluding ortho intramolecular Hbond substituents is 1. The Labute approximate surface area is 177 Å². The van der Waals surface area contributed by atoms with Crippen LogP contribution in [0.1, 0.15) is 23.9 Å². The lowest BCUT2D eigenvalue weighted by Crippen LogP contribution is -2.21. The molecule has 0 unspecified atom stereocenters. The smallest absolute Gasteiger partial charge is 0.120 e. The van der Waals surface area contributed by atoms with Gasteiger partial charge in [-0.05, 0) is 56.2 Å². The van der Waals surface area contributed by atoms with E-state index in [-0.39, 0.29) is 12.4 Å². The van der Waals surface area contributed by atoms with Gasteiger partial charge in [-0.25, -0.2) is 4.98 Å². The van der Waals surface area contributed by atoms with Gasteiger partial charge in [0.25, 0.3) is 0 Å². The van der Waals surface area contributed by atoms with E-state index in [9.17, 15) is 5.11 Å². The number of anilines is 4. The second-order valence-electron chi connectivity index (χ2n) is 7.78. The third kappa shape index (κ3) is 4.21. The maximum atomic E-state index is 10.0. The highest BCUT2D eigenvalue weighted by Crippen LogP contribution is 2.33. The molecule has 7 heteroatoms. The van der Waals surface area contributed by atoms with Gasteiger partial charge >= 0.3 is 0 Å². The number of aliphatic hydroxyl groups excluding tert-OH is 1. The molecule has 7 nitrogen and oxygen atoms in total. The Kier molecular flexibility index (Phi) is 5.81. The Bertz CT molecular complexity index is 999. The van der Waals surface area contributed by atoms with Crippen molar-refractivity contribution in [2.24, 2.45) is 0 Å². The molecule has 2 aromatic carbocycles. The Morgan fingerprint density at radius 1 is 1.13 bits per heavy atom. The molecule has 1 fully saturated rings. The van der Waals surface area contributed by atoms with Gasteiger partial charge in [-0.2, -0.15) is 0 Å². The zero-order chi connectivity index (χ0) is 21.1.